The monoisotopic (exact) mass is 414 g/mol. The van der Waals surface area contributed by atoms with Gasteiger partial charge in [-0.25, -0.2) is 0 Å². The number of aromatic nitrogens is 5. The average Bonchev–Trinajstić information content (AvgIpc) is 3.38. The molecular weight excluding hydrogens is 396 g/mol. The van der Waals surface area contributed by atoms with Crippen LogP contribution in [-0.2, 0) is 6.54 Å². The zero-order valence-corrected chi connectivity index (χ0v) is 17.1. The van der Waals surface area contributed by atoms with Crippen LogP contribution in [0.2, 0.25) is 0 Å². The van der Waals surface area contributed by atoms with Crippen molar-refractivity contribution < 1.29 is 0 Å². The van der Waals surface area contributed by atoms with Crippen molar-refractivity contribution in [3.8, 4) is 11.4 Å². The second-order valence-corrected chi connectivity index (χ2v) is 7.94. The molecule has 32 heavy (non-hydrogen) atoms. The van der Waals surface area contributed by atoms with E-state index in [0.29, 0.717) is 0 Å². The number of hydrogen-bond acceptors (Lipinski definition) is 4. The molecule has 0 bridgehead atoms. The zero-order valence-electron chi connectivity index (χ0n) is 17.1. The first-order valence-electron chi connectivity index (χ1n) is 10.6. The van der Waals surface area contributed by atoms with Gasteiger partial charge in [0, 0.05) is 76.8 Å². The molecule has 7 rings (SSSR count). The Morgan fingerprint density at radius 2 is 1.16 bits per heavy atom. The quantitative estimate of drug-likeness (QED) is 0.434. The summed E-state index contributed by atoms with van der Waals surface area (Å²) in [5.74, 6) is 0. The second-order valence-electron chi connectivity index (χ2n) is 7.94. The van der Waals surface area contributed by atoms with Crippen LogP contribution in [0.25, 0.3) is 50.2 Å². The Morgan fingerprint density at radius 3 is 1.78 bits per heavy atom. The number of pyridine rings is 3. The van der Waals surface area contributed by atoms with Gasteiger partial charge in [0.1, 0.15) is 0 Å². The van der Waals surface area contributed by atoms with Crippen LogP contribution in [0, 0.1) is 0 Å². The molecule has 6 nitrogen and oxygen atoms in total. The van der Waals surface area contributed by atoms with Crippen molar-refractivity contribution in [2.75, 3.05) is 0 Å². The minimum atomic E-state index is 0.808. The molecule has 0 amide bonds. The maximum Gasteiger partial charge on any atom is 0.0572 e. The molecule has 0 fully saturated rings. The Morgan fingerprint density at radius 1 is 0.625 bits per heavy atom. The maximum absolute atomic E-state index is 4.36. The molecule has 6 heteroatoms. The summed E-state index contributed by atoms with van der Waals surface area (Å²) in [4.78, 5) is 13.0. The van der Waals surface area contributed by atoms with Crippen molar-refractivity contribution in [1.29, 1.82) is 0 Å². The Hall–Kier alpha value is -4.45. The number of nitrogens with zero attached hydrogens (tertiary/aromatic N) is 5. The van der Waals surface area contributed by atoms with E-state index in [9.17, 15) is 0 Å². The molecule has 0 saturated heterocycles. The van der Waals surface area contributed by atoms with Gasteiger partial charge in [0.05, 0.1) is 22.2 Å². The molecule has 6 aromatic rings. The van der Waals surface area contributed by atoms with E-state index in [-0.39, 0.29) is 0 Å². The lowest BCUT2D eigenvalue weighted by molar-refractivity contribution is 0.855. The highest BCUT2D eigenvalue weighted by Crippen LogP contribution is 2.33. The molecule has 0 radical (unpaired) electrons. The Labute approximate surface area is 183 Å². The molecule has 1 aliphatic heterocycles. The van der Waals surface area contributed by atoms with Gasteiger partial charge in [-0.05, 0) is 54.7 Å². The van der Waals surface area contributed by atoms with E-state index in [0.717, 1.165) is 39.7 Å². The highest BCUT2D eigenvalue weighted by atomic mass is 15.0. The number of benzene rings is 1. The van der Waals surface area contributed by atoms with E-state index < -0.39 is 0 Å². The van der Waals surface area contributed by atoms with Gasteiger partial charge in [-0.15, -0.1) is 0 Å². The summed E-state index contributed by atoms with van der Waals surface area (Å²) in [6, 6.07) is 14.9. The fourth-order valence-electron chi connectivity index (χ4n) is 4.89. The lowest BCUT2D eigenvalue weighted by Gasteiger charge is -2.14. The van der Waals surface area contributed by atoms with Gasteiger partial charge < -0.3 is 14.5 Å². The van der Waals surface area contributed by atoms with Gasteiger partial charge in [-0.2, -0.15) is 0 Å². The van der Waals surface area contributed by atoms with Gasteiger partial charge in [0.2, 0.25) is 0 Å². The lowest BCUT2D eigenvalue weighted by atomic mass is 10.1. The van der Waals surface area contributed by atoms with Gasteiger partial charge in [-0.3, -0.25) is 15.0 Å². The van der Waals surface area contributed by atoms with Crippen molar-refractivity contribution in [2.45, 2.75) is 6.54 Å². The molecule has 6 heterocycles. The number of fused-ring (bicyclic) bond motifs is 6. The normalized spacial score (nSPS) is 13.0. The summed E-state index contributed by atoms with van der Waals surface area (Å²) in [5.41, 5.74) is 8.13. The van der Waals surface area contributed by atoms with E-state index >= 15 is 0 Å². The molecule has 0 aliphatic carbocycles. The highest BCUT2D eigenvalue weighted by molar-refractivity contribution is 6.08. The van der Waals surface area contributed by atoms with E-state index in [4.69, 9.17) is 0 Å². The van der Waals surface area contributed by atoms with Crippen molar-refractivity contribution in [3.63, 3.8) is 0 Å². The molecule has 0 unspecified atom stereocenters. The smallest absolute Gasteiger partial charge is 0.0572 e. The molecule has 0 atom stereocenters. The first kappa shape index (κ1) is 17.3. The third-order valence-corrected chi connectivity index (χ3v) is 6.29. The fourth-order valence-corrected chi connectivity index (χ4v) is 4.89. The molecule has 0 saturated carbocycles. The molecule has 0 spiro atoms. The highest BCUT2D eigenvalue weighted by Gasteiger charge is 2.19. The average molecular weight is 414 g/mol. The first-order chi connectivity index (χ1) is 15.9. The van der Waals surface area contributed by atoms with E-state index in [1.54, 1.807) is 0 Å². The summed E-state index contributed by atoms with van der Waals surface area (Å²) in [6.45, 7) is 0.808. The van der Waals surface area contributed by atoms with Crippen molar-refractivity contribution in [2.24, 2.45) is 0 Å². The minimum absolute atomic E-state index is 0.808. The van der Waals surface area contributed by atoms with E-state index in [1.165, 1.54) is 22.2 Å². The van der Waals surface area contributed by atoms with Gasteiger partial charge in [0.25, 0.3) is 0 Å². The second kappa shape index (κ2) is 6.52. The third kappa shape index (κ3) is 2.32. The Kier molecular flexibility index (Phi) is 3.52. The van der Waals surface area contributed by atoms with Gasteiger partial charge in [0.15, 0.2) is 0 Å². The number of nitrogens with one attached hydrogen (secondary N) is 1. The largest absolute Gasteiger partial charge is 0.387 e. The summed E-state index contributed by atoms with van der Waals surface area (Å²) in [6.07, 6.45) is 15.5. The Bertz CT molecular complexity index is 1620. The van der Waals surface area contributed by atoms with Crippen LogP contribution >= 0.6 is 0 Å². The van der Waals surface area contributed by atoms with Crippen molar-refractivity contribution in [3.05, 3.63) is 97.1 Å². The van der Waals surface area contributed by atoms with Crippen molar-refractivity contribution in [1.82, 2.24) is 29.4 Å². The van der Waals surface area contributed by atoms with E-state index in [2.05, 4.69) is 77.9 Å². The van der Waals surface area contributed by atoms with Crippen LogP contribution in [-0.4, -0.2) is 24.1 Å². The van der Waals surface area contributed by atoms with Crippen LogP contribution in [0.5, 0.6) is 0 Å². The topological polar surface area (TPSA) is 60.6 Å². The SMILES string of the molecule is C1=Cc2c(c3cnccc3n2-c2ccc(-n3c4ccncc4c4cnccc43)cc2)CN1. The molecule has 5 aromatic heterocycles. The van der Waals surface area contributed by atoms with Crippen LogP contribution in [0.4, 0.5) is 0 Å². The van der Waals surface area contributed by atoms with Crippen LogP contribution in [0.1, 0.15) is 11.3 Å². The van der Waals surface area contributed by atoms with Gasteiger partial charge in [-0.1, -0.05) is 0 Å². The number of hydrogen-bond donors (Lipinski definition) is 1. The van der Waals surface area contributed by atoms with Crippen LogP contribution < -0.4 is 5.32 Å². The summed E-state index contributed by atoms with van der Waals surface area (Å²) < 4.78 is 4.59. The Balaban J connectivity index is 1.44. The summed E-state index contributed by atoms with van der Waals surface area (Å²) in [7, 11) is 0. The predicted molar refractivity (Wildman–Crippen MR) is 127 cm³/mol. The number of rotatable bonds is 2. The molecule has 1 aliphatic rings. The summed E-state index contributed by atoms with van der Waals surface area (Å²) in [5, 5.41) is 6.72. The molecule has 1 N–H and O–H groups in total. The van der Waals surface area contributed by atoms with Crippen LogP contribution in [0.3, 0.4) is 0 Å². The minimum Gasteiger partial charge on any atom is -0.387 e. The van der Waals surface area contributed by atoms with E-state index in [1.807, 2.05) is 43.4 Å². The lowest BCUT2D eigenvalue weighted by Crippen LogP contribution is -2.10. The van der Waals surface area contributed by atoms with Crippen LogP contribution in [0.15, 0.2) is 85.8 Å². The van der Waals surface area contributed by atoms with Crippen molar-refractivity contribution >= 4 is 38.8 Å². The standard InChI is InChI=1S/C26H18N6/c1-2-18(32-25-7-11-29-15-21(25)22-16-30-12-8-26(22)32)4-3-17(1)31-23-5-9-27-13-19(23)20-14-28-10-6-24(20)31/h1-15,30H,16H2. The molecular formula is C26H18N6. The molecule has 152 valence electrons. The molecule has 1 aromatic carbocycles. The van der Waals surface area contributed by atoms with Gasteiger partial charge >= 0.3 is 0 Å². The third-order valence-electron chi connectivity index (χ3n) is 6.29. The fraction of sp³-hybridized carbons (Fsp3) is 0.0385. The maximum atomic E-state index is 4.36. The predicted octanol–water partition coefficient (Wildman–Crippen LogP) is 4.99. The first-order valence-corrected chi connectivity index (χ1v) is 10.6. The zero-order chi connectivity index (χ0) is 21.1. The summed E-state index contributed by atoms with van der Waals surface area (Å²) >= 11 is 0.